The van der Waals surface area contributed by atoms with E-state index in [9.17, 15) is 9.59 Å². The highest BCUT2D eigenvalue weighted by Crippen LogP contribution is 2.20. The van der Waals surface area contributed by atoms with Crippen LogP contribution in [-0.4, -0.2) is 59.1 Å². The molecule has 1 aliphatic rings. The first-order valence-electron chi connectivity index (χ1n) is 7.69. The number of nitrogens with zero attached hydrogens (tertiary/aromatic N) is 2. The lowest BCUT2D eigenvalue weighted by Crippen LogP contribution is -2.50. The van der Waals surface area contributed by atoms with Gasteiger partial charge in [0, 0.05) is 25.7 Å². The summed E-state index contributed by atoms with van der Waals surface area (Å²) in [5.74, 6) is -0.0438. The van der Waals surface area contributed by atoms with Gasteiger partial charge >= 0.3 is 6.09 Å². The lowest BCUT2D eigenvalue weighted by molar-refractivity contribution is -0.133. The first-order valence-corrected chi connectivity index (χ1v) is 7.69. The first-order chi connectivity index (χ1) is 9.65. The molecule has 0 aromatic carbocycles. The van der Waals surface area contributed by atoms with Crippen molar-refractivity contribution < 1.29 is 14.3 Å². The molecule has 1 fully saturated rings. The summed E-state index contributed by atoms with van der Waals surface area (Å²) in [6, 6.07) is -0.460. The summed E-state index contributed by atoms with van der Waals surface area (Å²) in [6.07, 6.45) is 1.53. The minimum Gasteiger partial charge on any atom is -0.444 e. The van der Waals surface area contributed by atoms with Gasteiger partial charge in [0.05, 0.1) is 6.04 Å². The number of nitrogens with two attached hydrogens (primary N) is 1. The Kier molecular flexibility index (Phi) is 6.01. The Morgan fingerprint density at radius 3 is 2.52 bits per heavy atom. The Bertz CT molecular complexity index is 377. The minimum absolute atomic E-state index is 0.0379. The number of hydrogen-bond acceptors (Lipinski definition) is 4. The van der Waals surface area contributed by atoms with Crippen LogP contribution >= 0.6 is 0 Å². The fourth-order valence-corrected chi connectivity index (χ4v) is 2.49. The molecule has 0 aromatic rings. The van der Waals surface area contributed by atoms with Crippen LogP contribution in [0.5, 0.6) is 0 Å². The van der Waals surface area contributed by atoms with E-state index in [0.29, 0.717) is 13.1 Å². The van der Waals surface area contributed by atoms with Gasteiger partial charge in [0.2, 0.25) is 5.91 Å². The van der Waals surface area contributed by atoms with E-state index in [2.05, 4.69) is 0 Å². The third-order valence-electron chi connectivity index (χ3n) is 3.51. The number of ether oxygens (including phenoxy) is 1. The van der Waals surface area contributed by atoms with Gasteiger partial charge in [0.25, 0.3) is 0 Å². The predicted molar refractivity (Wildman–Crippen MR) is 81.9 cm³/mol. The van der Waals surface area contributed by atoms with Crippen molar-refractivity contribution >= 4 is 12.0 Å². The number of carbonyl (C=O) groups is 2. The molecule has 1 saturated heterocycles. The molecule has 1 rings (SSSR count). The maximum atomic E-state index is 12.2. The largest absolute Gasteiger partial charge is 0.444 e. The summed E-state index contributed by atoms with van der Waals surface area (Å²) < 4.78 is 5.40. The Balaban J connectivity index is 2.67. The maximum absolute atomic E-state index is 12.2. The van der Waals surface area contributed by atoms with E-state index in [4.69, 9.17) is 10.5 Å². The second kappa shape index (κ2) is 7.11. The SMILES string of the molecule is CCN(C[C@H]1CCCN1C(=O)[C@H](C)N)C(=O)OC(C)(C)C. The van der Waals surface area contributed by atoms with Crippen LogP contribution in [-0.2, 0) is 9.53 Å². The van der Waals surface area contributed by atoms with Crippen molar-refractivity contribution in [3.63, 3.8) is 0 Å². The molecule has 0 aromatic heterocycles. The number of carbonyl (C=O) groups excluding carboxylic acids is 2. The number of likely N-dealkylation sites (tertiary alicyclic amines) is 1. The Morgan fingerprint density at radius 1 is 1.43 bits per heavy atom. The van der Waals surface area contributed by atoms with Gasteiger partial charge in [0.15, 0.2) is 0 Å². The van der Waals surface area contributed by atoms with E-state index in [-0.39, 0.29) is 18.0 Å². The highest BCUT2D eigenvalue weighted by molar-refractivity contribution is 5.81. The fourth-order valence-electron chi connectivity index (χ4n) is 2.49. The molecular formula is C15H29N3O3. The van der Waals surface area contributed by atoms with E-state index in [1.165, 1.54) is 0 Å². The molecule has 6 nitrogen and oxygen atoms in total. The van der Waals surface area contributed by atoms with Gasteiger partial charge in [-0.2, -0.15) is 0 Å². The van der Waals surface area contributed by atoms with E-state index < -0.39 is 11.6 Å². The maximum Gasteiger partial charge on any atom is 0.410 e. The molecule has 6 heteroatoms. The summed E-state index contributed by atoms with van der Waals surface area (Å²) in [5.41, 5.74) is 5.18. The summed E-state index contributed by atoms with van der Waals surface area (Å²) in [6.45, 7) is 10.9. The molecule has 21 heavy (non-hydrogen) atoms. The molecule has 122 valence electrons. The van der Waals surface area contributed by atoms with Gasteiger partial charge in [0.1, 0.15) is 5.60 Å². The van der Waals surface area contributed by atoms with Crippen LogP contribution in [0.2, 0.25) is 0 Å². The summed E-state index contributed by atoms with van der Waals surface area (Å²) in [4.78, 5) is 27.7. The third-order valence-corrected chi connectivity index (χ3v) is 3.51. The monoisotopic (exact) mass is 299 g/mol. The molecule has 0 saturated carbocycles. The van der Waals surface area contributed by atoms with Gasteiger partial charge in [-0.1, -0.05) is 0 Å². The lowest BCUT2D eigenvalue weighted by Gasteiger charge is -2.32. The van der Waals surface area contributed by atoms with Crippen molar-refractivity contribution in [3.05, 3.63) is 0 Å². The minimum atomic E-state index is -0.512. The molecular weight excluding hydrogens is 270 g/mol. The van der Waals surface area contributed by atoms with Crippen molar-refractivity contribution in [2.75, 3.05) is 19.6 Å². The summed E-state index contributed by atoms with van der Waals surface area (Å²) in [7, 11) is 0. The number of amides is 2. The Hall–Kier alpha value is -1.30. The van der Waals surface area contributed by atoms with Crippen LogP contribution in [0.1, 0.15) is 47.5 Å². The van der Waals surface area contributed by atoms with Crippen LogP contribution in [0.15, 0.2) is 0 Å². The van der Waals surface area contributed by atoms with E-state index in [0.717, 1.165) is 19.4 Å². The van der Waals surface area contributed by atoms with E-state index >= 15 is 0 Å². The average molecular weight is 299 g/mol. The highest BCUT2D eigenvalue weighted by atomic mass is 16.6. The normalized spacial score (nSPS) is 20.3. The molecule has 2 N–H and O–H groups in total. The highest BCUT2D eigenvalue weighted by Gasteiger charge is 2.33. The average Bonchev–Trinajstić information content (AvgIpc) is 2.80. The summed E-state index contributed by atoms with van der Waals surface area (Å²) >= 11 is 0. The van der Waals surface area contributed by atoms with Crippen LogP contribution in [0.25, 0.3) is 0 Å². The zero-order chi connectivity index (χ0) is 16.2. The van der Waals surface area contributed by atoms with Crippen LogP contribution < -0.4 is 5.73 Å². The van der Waals surface area contributed by atoms with Crippen molar-refractivity contribution in [2.24, 2.45) is 5.73 Å². The topological polar surface area (TPSA) is 75.9 Å². The van der Waals surface area contributed by atoms with Gasteiger partial charge in [-0.25, -0.2) is 4.79 Å². The van der Waals surface area contributed by atoms with Crippen molar-refractivity contribution in [1.29, 1.82) is 0 Å². The lowest BCUT2D eigenvalue weighted by atomic mass is 10.2. The molecule has 0 aliphatic carbocycles. The van der Waals surface area contributed by atoms with Crippen LogP contribution in [0.4, 0.5) is 4.79 Å². The second-order valence-electron chi connectivity index (χ2n) is 6.64. The predicted octanol–water partition coefficient (Wildman–Crippen LogP) is 1.58. The number of hydrogen-bond donors (Lipinski definition) is 1. The molecule has 2 atom stereocenters. The Morgan fingerprint density at radius 2 is 2.05 bits per heavy atom. The third kappa shape index (κ3) is 5.19. The molecule has 0 bridgehead atoms. The van der Waals surface area contributed by atoms with Crippen molar-refractivity contribution in [2.45, 2.75) is 65.1 Å². The zero-order valence-electron chi connectivity index (χ0n) is 13.9. The second-order valence-corrected chi connectivity index (χ2v) is 6.64. The van der Waals surface area contributed by atoms with Gasteiger partial charge < -0.3 is 20.3 Å². The summed E-state index contributed by atoms with van der Waals surface area (Å²) in [5, 5.41) is 0. The standard InChI is InChI=1S/C15H29N3O3/c1-6-17(14(20)21-15(3,4)5)10-12-8-7-9-18(12)13(19)11(2)16/h11-12H,6-10,16H2,1-5H3/t11-,12+/m0/s1. The molecule has 0 radical (unpaired) electrons. The first kappa shape index (κ1) is 17.8. The molecule has 0 unspecified atom stereocenters. The van der Waals surface area contributed by atoms with Gasteiger partial charge in [-0.05, 0) is 47.5 Å². The molecule has 2 amide bonds. The number of rotatable bonds is 4. The van der Waals surface area contributed by atoms with E-state index in [1.54, 1.807) is 16.7 Å². The van der Waals surface area contributed by atoms with E-state index in [1.807, 2.05) is 27.7 Å². The van der Waals surface area contributed by atoms with Gasteiger partial charge in [-0.15, -0.1) is 0 Å². The Labute approximate surface area is 127 Å². The smallest absolute Gasteiger partial charge is 0.410 e. The fraction of sp³-hybridized carbons (Fsp3) is 0.867. The van der Waals surface area contributed by atoms with Crippen molar-refractivity contribution in [1.82, 2.24) is 9.80 Å². The van der Waals surface area contributed by atoms with Crippen LogP contribution in [0, 0.1) is 0 Å². The van der Waals surface area contributed by atoms with Gasteiger partial charge in [-0.3, -0.25) is 4.79 Å². The zero-order valence-corrected chi connectivity index (χ0v) is 13.9. The molecule has 1 heterocycles. The molecule has 1 aliphatic heterocycles. The van der Waals surface area contributed by atoms with Crippen LogP contribution in [0.3, 0.4) is 0 Å². The number of likely N-dealkylation sites (N-methyl/N-ethyl adjacent to an activating group) is 1. The van der Waals surface area contributed by atoms with Crippen molar-refractivity contribution in [3.8, 4) is 0 Å². The molecule has 0 spiro atoms. The quantitative estimate of drug-likeness (QED) is 0.855.